The standard InChI is InChI=1S/C28H35BF6N6O5/c30-27(31,32)15-3-1-14(2-4-15)7-23(26(44)40-20-9-16(28(33,34)35)8-17(10-20)29(45)46)41-25(43)22(38)5-6-24(42)39-21-12-18(36)11-19(37)13-21/h1-4,8-10,18-19,21-23,45-46H,5-7,11-13,36-38H2,(H,39,42)(H,40,44)(H,41,43). The second-order valence-corrected chi connectivity index (χ2v) is 11.3. The second-order valence-electron chi connectivity index (χ2n) is 11.3. The molecule has 0 aliphatic heterocycles. The largest absolute Gasteiger partial charge is 0.488 e. The van der Waals surface area contributed by atoms with Crippen LogP contribution in [0.25, 0.3) is 0 Å². The molecule has 252 valence electrons. The molecule has 1 fully saturated rings. The van der Waals surface area contributed by atoms with Crippen LogP contribution in [0.5, 0.6) is 0 Å². The second kappa shape index (κ2) is 15.3. The summed E-state index contributed by atoms with van der Waals surface area (Å²) >= 11 is 0. The van der Waals surface area contributed by atoms with E-state index in [0.717, 1.165) is 30.3 Å². The average Bonchev–Trinajstić information content (AvgIpc) is 2.94. The molecule has 4 atom stereocenters. The zero-order chi connectivity index (χ0) is 34.4. The predicted octanol–water partition coefficient (Wildman–Crippen LogP) is 0.501. The zero-order valence-corrected chi connectivity index (χ0v) is 24.4. The molecular formula is C28H35BF6N6O5. The Hall–Kier alpha value is -3.71. The third-order valence-electron chi connectivity index (χ3n) is 7.37. The average molecular weight is 660 g/mol. The highest BCUT2D eigenvalue weighted by molar-refractivity contribution is 6.58. The van der Waals surface area contributed by atoms with E-state index in [1.165, 1.54) is 0 Å². The molecule has 1 saturated carbocycles. The van der Waals surface area contributed by atoms with Gasteiger partial charge < -0.3 is 43.2 Å². The molecule has 0 spiro atoms. The summed E-state index contributed by atoms with van der Waals surface area (Å²) in [6.07, 6.45) is -8.64. The van der Waals surface area contributed by atoms with Gasteiger partial charge in [-0.3, -0.25) is 14.4 Å². The predicted molar refractivity (Wildman–Crippen MR) is 156 cm³/mol. The van der Waals surface area contributed by atoms with Gasteiger partial charge in [0.15, 0.2) is 0 Å². The lowest BCUT2D eigenvalue weighted by Crippen LogP contribution is -2.51. The Labute approximate surface area is 260 Å². The lowest BCUT2D eigenvalue weighted by atomic mass is 9.79. The van der Waals surface area contributed by atoms with Crippen molar-refractivity contribution in [2.45, 2.75) is 81.1 Å². The van der Waals surface area contributed by atoms with Crippen LogP contribution in [0.3, 0.4) is 0 Å². The normalized spacial score (nSPS) is 19.9. The van der Waals surface area contributed by atoms with E-state index in [9.17, 15) is 50.8 Å². The van der Waals surface area contributed by atoms with E-state index < -0.39 is 78.0 Å². The molecule has 18 heteroatoms. The first-order valence-electron chi connectivity index (χ1n) is 14.2. The fourth-order valence-electron chi connectivity index (χ4n) is 5.06. The van der Waals surface area contributed by atoms with Gasteiger partial charge in [0.05, 0.1) is 17.2 Å². The molecule has 11 nitrogen and oxygen atoms in total. The highest BCUT2D eigenvalue weighted by atomic mass is 19.4. The first-order valence-corrected chi connectivity index (χ1v) is 14.2. The minimum atomic E-state index is -4.92. The summed E-state index contributed by atoms with van der Waals surface area (Å²) in [5.74, 6) is -2.42. The summed E-state index contributed by atoms with van der Waals surface area (Å²) < 4.78 is 79.3. The number of nitrogens with one attached hydrogen (secondary N) is 3. The molecule has 3 rings (SSSR count). The van der Waals surface area contributed by atoms with Gasteiger partial charge in [-0.15, -0.1) is 0 Å². The van der Waals surface area contributed by atoms with Crippen LogP contribution in [0.15, 0.2) is 42.5 Å². The molecule has 3 amide bonds. The number of carbonyl (C=O) groups excluding carboxylic acids is 3. The van der Waals surface area contributed by atoms with Crippen LogP contribution in [-0.2, 0) is 33.2 Å². The number of hydrogen-bond donors (Lipinski definition) is 8. The van der Waals surface area contributed by atoms with Crippen LogP contribution in [-0.4, -0.2) is 65.1 Å². The number of rotatable bonds is 11. The Morgan fingerprint density at radius 1 is 0.870 bits per heavy atom. The third kappa shape index (κ3) is 11.0. The number of anilines is 1. The topological polar surface area (TPSA) is 206 Å². The molecule has 1 aliphatic carbocycles. The van der Waals surface area contributed by atoms with Crippen LogP contribution in [0.1, 0.15) is 48.8 Å². The number of carbonyl (C=O) groups is 3. The van der Waals surface area contributed by atoms with Crippen molar-refractivity contribution < 1.29 is 50.8 Å². The SMILES string of the molecule is NC1CC(N)CC(NC(=O)CCC(N)C(=O)NC(Cc2ccc(C(F)(F)F)cc2)C(=O)Nc2cc(B(O)O)cc(C(F)(F)F)c2)C1. The van der Waals surface area contributed by atoms with Gasteiger partial charge in [-0.05, 0) is 61.0 Å². The van der Waals surface area contributed by atoms with Crippen molar-refractivity contribution in [1.29, 1.82) is 0 Å². The van der Waals surface area contributed by atoms with Crippen molar-refractivity contribution in [3.05, 3.63) is 59.2 Å². The summed E-state index contributed by atoms with van der Waals surface area (Å²) in [6, 6.07) is 2.00. The van der Waals surface area contributed by atoms with Gasteiger partial charge in [-0.1, -0.05) is 18.2 Å². The number of nitrogens with two attached hydrogens (primary N) is 3. The highest BCUT2D eigenvalue weighted by Gasteiger charge is 2.34. The molecule has 11 N–H and O–H groups in total. The van der Waals surface area contributed by atoms with E-state index in [1.807, 2.05) is 0 Å². The molecule has 2 aromatic carbocycles. The molecule has 46 heavy (non-hydrogen) atoms. The number of halogens is 6. The summed E-state index contributed by atoms with van der Waals surface area (Å²) in [5, 5.41) is 26.2. The lowest BCUT2D eigenvalue weighted by molar-refractivity contribution is -0.138. The van der Waals surface area contributed by atoms with Gasteiger partial charge in [0.25, 0.3) is 0 Å². The Bertz CT molecular complexity index is 1370. The van der Waals surface area contributed by atoms with Crippen molar-refractivity contribution >= 4 is 36.0 Å². The Morgan fingerprint density at radius 3 is 2.00 bits per heavy atom. The summed E-state index contributed by atoms with van der Waals surface area (Å²) in [5.41, 5.74) is 14.6. The molecular weight excluding hydrogens is 625 g/mol. The molecule has 0 saturated heterocycles. The van der Waals surface area contributed by atoms with Gasteiger partial charge in [0.2, 0.25) is 17.7 Å². The fraction of sp³-hybridized carbons (Fsp3) is 0.464. The van der Waals surface area contributed by atoms with Gasteiger partial charge in [0.1, 0.15) is 6.04 Å². The number of alkyl halides is 6. The third-order valence-corrected chi connectivity index (χ3v) is 7.37. The minimum Gasteiger partial charge on any atom is -0.423 e. The molecule has 0 radical (unpaired) electrons. The van der Waals surface area contributed by atoms with Gasteiger partial charge in [-0.2, -0.15) is 26.3 Å². The van der Waals surface area contributed by atoms with Gasteiger partial charge >= 0.3 is 19.5 Å². The number of amides is 3. The van der Waals surface area contributed by atoms with E-state index in [-0.39, 0.29) is 36.5 Å². The van der Waals surface area contributed by atoms with Crippen molar-refractivity contribution in [2.75, 3.05) is 5.32 Å². The Kier molecular flexibility index (Phi) is 12.2. The van der Waals surface area contributed by atoms with Crippen molar-refractivity contribution in [2.24, 2.45) is 17.2 Å². The number of hydrogen-bond acceptors (Lipinski definition) is 8. The maximum atomic E-state index is 13.4. The van der Waals surface area contributed by atoms with Gasteiger partial charge in [-0.25, -0.2) is 0 Å². The first-order chi connectivity index (χ1) is 21.3. The minimum absolute atomic E-state index is 0.154. The van der Waals surface area contributed by atoms with Crippen molar-refractivity contribution in [3.63, 3.8) is 0 Å². The van der Waals surface area contributed by atoms with E-state index in [4.69, 9.17) is 17.2 Å². The molecule has 4 unspecified atom stereocenters. The molecule has 0 heterocycles. The summed E-state index contributed by atoms with van der Waals surface area (Å²) in [6.45, 7) is 0. The van der Waals surface area contributed by atoms with Crippen molar-refractivity contribution in [3.8, 4) is 0 Å². The van der Waals surface area contributed by atoms with Crippen LogP contribution < -0.4 is 38.6 Å². The van der Waals surface area contributed by atoms with E-state index in [2.05, 4.69) is 16.0 Å². The zero-order valence-electron chi connectivity index (χ0n) is 24.4. The van der Waals surface area contributed by atoms with Gasteiger partial charge in [0, 0.05) is 36.7 Å². The molecule has 1 aliphatic rings. The van der Waals surface area contributed by atoms with Crippen LogP contribution in [0, 0.1) is 0 Å². The molecule has 0 bridgehead atoms. The smallest absolute Gasteiger partial charge is 0.423 e. The maximum absolute atomic E-state index is 13.4. The lowest BCUT2D eigenvalue weighted by Gasteiger charge is -2.31. The Morgan fingerprint density at radius 2 is 1.46 bits per heavy atom. The van der Waals surface area contributed by atoms with E-state index in [0.29, 0.717) is 31.4 Å². The monoisotopic (exact) mass is 660 g/mol. The van der Waals surface area contributed by atoms with Crippen LogP contribution >= 0.6 is 0 Å². The van der Waals surface area contributed by atoms with Crippen LogP contribution in [0.4, 0.5) is 32.0 Å². The maximum Gasteiger partial charge on any atom is 0.488 e. The molecule has 0 aromatic heterocycles. The van der Waals surface area contributed by atoms with E-state index in [1.54, 1.807) is 0 Å². The summed E-state index contributed by atoms with van der Waals surface area (Å²) in [7, 11) is -2.32. The summed E-state index contributed by atoms with van der Waals surface area (Å²) in [4.78, 5) is 38.7. The fourth-order valence-corrected chi connectivity index (χ4v) is 5.06. The number of benzene rings is 2. The quantitative estimate of drug-likeness (QED) is 0.126. The van der Waals surface area contributed by atoms with Crippen molar-refractivity contribution in [1.82, 2.24) is 10.6 Å². The highest BCUT2D eigenvalue weighted by Crippen LogP contribution is 2.31. The Balaban J connectivity index is 1.75. The van der Waals surface area contributed by atoms with Crippen LogP contribution in [0.2, 0.25) is 0 Å². The molecule has 2 aromatic rings. The first kappa shape index (κ1) is 36.8. The van der Waals surface area contributed by atoms with E-state index >= 15 is 0 Å².